The topological polar surface area (TPSA) is 49.7 Å². The fraction of sp³-hybridized carbons (Fsp3) is 0.500. The van der Waals surface area contributed by atoms with E-state index >= 15 is 0 Å². The second-order valence-electron chi connectivity index (χ2n) is 3.84. The lowest BCUT2D eigenvalue weighted by Crippen LogP contribution is -2.09. The largest absolute Gasteiger partial charge is 0.493 e. The van der Waals surface area contributed by atoms with Crippen molar-refractivity contribution < 1.29 is 14.9 Å². The van der Waals surface area contributed by atoms with Gasteiger partial charge in [0, 0.05) is 16.5 Å². The van der Waals surface area contributed by atoms with Crippen molar-refractivity contribution in [2.24, 2.45) is 0 Å². The number of hydrogen-bond donors (Lipinski definition) is 2. The highest BCUT2D eigenvalue weighted by atomic mass is 79.9. The van der Waals surface area contributed by atoms with Crippen LogP contribution in [0.4, 0.5) is 0 Å². The zero-order chi connectivity index (χ0) is 12.1. The quantitative estimate of drug-likeness (QED) is 0.876. The molecule has 0 amide bonds. The monoisotopic (exact) mass is 288 g/mol. The fourth-order valence-corrected chi connectivity index (χ4v) is 1.66. The second-order valence-corrected chi connectivity index (χ2v) is 4.76. The summed E-state index contributed by atoms with van der Waals surface area (Å²) in [5.74, 6) is 0.657. The molecule has 2 atom stereocenters. The van der Waals surface area contributed by atoms with E-state index in [0.717, 1.165) is 10.0 Å². The molecule has 0 saturated heterocycles. The molecule has 0 aliphatic heterocycles. The summed E-state index contributed by atoms with van der Waals surface area (Å²) in [6.45, 7) is 3.86. The summed E-state index contributed by atoms with van der Waals surface area (Å²) in [4.78, 5) is 0. The van der Waals surface area contributed by atoms with Crippen LogP contribution >= 0.6 is 15.9 Å². The van der Waals surface area contributed by atoms with Gasteiger partial charge in [-0.15, -0.1) is 0 Å². The molecule has 0 saturated carbocycles. The van der Waals surface area contributed by atoms with Gasteiger partial charge in [0.2, 0.25) is 0 Å². The van der Waals surface area contributed by atoms with Crippen molar-refractivity contribution in [3.8, 4) is 5.75 Å². The van der Waals surface area contributed by atoms with E-state index in [1.807, 2.05) is 18.2 Å². The van der Waals surface area contributed by atoms with Crippen LogP contribution in [-0.2, 0) is 0 Å². The van der Waals surface area contributed by atoms with Crippen LogP contribution in [0.25, 0.3) is 0 Å². The highest BCUT2D eigenvalue weighted by Crippen LogP contribution is 2.28. The molecule has 0 aromatic heterocycles. The predicted molar refractivity (Wildman–Crippen MR) is 66.6 cm³/mol. The number of hydrogen-bond acceptors (Lipinski definition) is 3. The highest BCUT2D eigenvalue weighted by Gasteiger charge is 2.09. The minimum Gasteiger partial charge on any atom is -0.493 e. The Morgan fingerprint density at radius 3 is 2.56 bits per heavy atom. The molecule has 1 aromatic carbocycles. The summed E-state index contributed by atoms with van der Waals surface area (Å²) in [5.41, 5.74) is 0.758. The molecule has 16 heavy (non-hydrogen) atoms. The highest BCUT2D eigenvalue weighted by molar-refractivity contribution is 9.10. The fourth-order valence-electron chi connectivity index (χ4n) is 1.32. The van der Waals surface area contributed by atoms with Crippen LogP contribution in [0.1, 0.15) is 31.9 Å². The molecule has 0 bridgehead atoms. The number of aliphatic hydroxyl groups is 2. The van der Waals surface area contributed by atoms with Gasteiger partial charge in [-0.3, -0.25) is 0 Å². The summed E-state index contributed by atoms with van der Waals surface area (Å²) in [6.07, 6.45) is -0.358. The van der Waals surface area contributed by atoms with Gasteiger partial charge >= 0.3 is 0 Å². The van der Waals surface area contributed by atoms with E-state index in [9.17, 15) is 5.11 Å². The molecule has 1 rings (SSSR count). The molecule has 0 aliphatic rings. The Morgan fingerprint density at radius 2 is 2.00 bits per heavy atom. The zero-order valence-corrected chi connectivity index (χ0v) is 11.1. The summed E-state index contributed by atoms with van der Waals surface area (Å²) < 4.78 is 6.45. The summed E-state index contributed by atoms with van der Waals surface area (Å²) >= 11 is 3.36. The zero-order valence-electron chi connectivity index (χ0n) is 9.48. The molecule has 1 aromatic rings. The Kier molecular flexibility index (Phi) is 5.25. The van der Waals surface area contributed by atoms with Crippen LogP contribution < -0.4 is 4.74 Å². The molecule has 2 unspecified atom stereocenters. The van der Waals surface area contributed by atoms with E-state index in [-0.39, 0.29) is 6.10 Å². The molecule has 0 spiro atoms. The number of halogens is 1. The van der Waals surface area contributed by atoms with Gasteiger partial charge in [0.15, 0.2) is 0 Å². The Morgan fingerprint density at radius 1 is 1.31 bits per heavy atom. The van der Waals surface area contributed by atoms with Crippen LogP contribution in [0.15, 0.2) is 22.7 Å². The van der Waals surface area contributed by atoms with E-state index in [1.165, 1.54) is 0 Å². The SMILES string of the molecule is CC(O)CCOc1cc(Br)ccc1C(C)O. The minimum absolute atomic E-state index is 0.373. The molecule has 2 N–H and O–H groups in total. The van der Waals surface area contributed by atoms with Crippen LogP contribution in [0.3, 0.4) is 0 Å². The van der Waals surface area contributed by atoms with E-state index < -0.39 is 6.10 Å². The first-order valence-electron chi connectivity index (χ1n) is 5.29. The average molecular weight is 289 g/mol. The standard InChI is InChI=1S/C12H17BrO3/c1-8(14)5-6-16-12-7-10(13)3-4-11(12)9(2)15/h3-4,7-9,14-15H,5-6H2,1-2H3. The van der Waals surface area contributed by atoms with Crippen molar-refractivity contribution in [2.45, 2.75) is 32.5 Å². The van der Waals surface area contributed by atoms with Crippen LogP contribution in [-0.4, -0.2) is 22.9 Å². The number of aliphatic hydroxyl groups excluding tert-OH is 2. The van der Waals surface area contributed by atoms with Gasteiger partial charge in [0.05, 0.1) is 18.8 Å². The number of rotatable bonds is 5. The number of benzene rings is 1. The van der Waals surface area contributed by atoms with Crippen molar-refractivity contribution in [3.05, 3.63) is 28.2 Å². The Hall–Kier alpha value is -0.580. The maximum atomic E-state index is 9.56. The van der Waals surface area contributed by atoms with Crippen LogP contribution in [0.2, 0.25) is 0 Å². The lowest BCUT2D eigenvalue weighted by molar-refractivity contribution is 0.151. The lowest BCUT2D eigenvalue weighted by Gasteiger charge is -2.14. The van der Waals surface area contributed by atoms with Gasteiger partial charge in [-0.1, -0.05) is 22.0 Å². The Labute approximate surface area is 104 Å². The molecular weight excluding hydrogens is 272 g/mol. The van der Waals surface area contributed by atoms with Gasteiger partial charge in [-0.25, -0.2) is 0 Å². The molecule has 0 radical (unpaired) electrons. The van der Waals surface area contributed by atoms with Crippen molar-refractivity contribution >= 4 is 15.9 Å². The lowest BCUT2D eigenvalue weighted by atomic mass is 10.1. The normalized spacial score (nSPS) is 14.6. The smallest absolute Gasteiger partial charge is 0.126 e. The van der Waals surface area contributed by atoms with Gasteiger partial charge in [0.1, 0.15) is 5.75 Å². The van der Waals surface area contributed by atoms with Gasteiger partial charge in [-0.05, 0) is 26.0 Å². The molecule has 0 heterocycles. The molecule has 0 fully saturated rings. The first kappa shape index (κ1) is 13.5. The molecule has 3 nitrogen and oxygen atoms in total. The third-order valence-corrected chi connectivity index (χ3v) is 2.71. The summed E-state index contributed by atoms with van der Waals surface area (Å²) in [6, 6.07) is 5.51. The molecular formula is C12H17BrO3. The van der Waals surface area contributed by atoms with Gasteiger partial charge < -0.3 is 14.9 Å². The minimum atomic E-state index is -0.561. The van der Waals surface area contributed by atoms with Crippen molar-refractivity contribution in [1.82, 2.24) is 0 Å². The van der Waals surface area contributed by atoms with Crippen molar-refractivity contribution in [3.63, 3.8) is 0 Å². The maximum absolute atomic E-state index is 9.56. The van der Waals surface area contributed by atoms with Crippen molar-refractivity contribution in [2.75, 3.05) is 6.61 Å². The Balaban J connectivity index is 2.72. The molecule has 90 valence electrons. The van der Waals surface area contributed by atoms with E-state index in [4.69, 9.17) is 9.84 Å². The Bertz CT molecular complexity index is 337. The van der Waals surface area contributed by atoms with E-state index in [1.54, 1.807) is 13.8 Å². The van der Waals surface area contributed by atoms with E-state index in [2.05, 4.69) is 15.9 Å². The van der Waals surface area contributed by atoms with Crippen LogP contribution in [0, 0.1) is 0 Å². The third-order valence-electron chi connectivity index (χ3n) is 2.22. The van der Waals surface area contributed by atoms with Crippen molar-refractivity contribution in [1.29, 1.82) is 0 Å². The summed E-state index contributed by atoms with van der Waals surface area (Å²) in [7, 11) is 0. The third kappa shape index (κ3) is 4.12. The predicted octanol–water partition coefficient (Wildman–Crippen LogP) is 2.65. The first-order chi connectivity index (χ1) is 7.50. The van der Waals surface area contributed by atoms with E-state index in [0.29, 0.717) is 18.8 Å². The first-order valence-corrected chi connectivity index (χ1v) is 6.08. The second kappa shape index (κ2) is 6.23. The maximum Gasteiger partial charge on any atom is 0.126 e. The van der Waals surface area contributed by atoms with Gasteiger partial charge in [0.25, 0.3) is 0 Å². The van der Waals surface area contributed by atoms with Crippen LogP contribution in [0.5, 0.6) is 5.75 Å². The average Bonchev–Trinajstić information content (AvgIpc) is 2.16. The van der Waals surface area contributed by atoms with Gasteiger partial charge in [-0.2, -0.15) is 0 Å². The summed E-state index contributed by atoms with van der Waals surface area (Å²) in [5, 5.41) is 18.7. The molecule has 0 aliphatic carbocycles. The number of ether oxygens (including phenoxy) is 1. The molecule has 4 heteroatoms.